The van der Waals surface area contributed by atoms with Crippen LogP contribution in [0.3, 0.4) is 0 Å². The van der Waals surface area contributed by atoms with E-state index in [1.807, 2.05) is 43.3 Å². The van der Waals surface area contributed by atoms with Crippen molar-refractivity contribution in [1.29, 1.82) is 0 Å². The Kier molecular flexibility index (Phi) is 4.33. The summed E-state index contributed by atoms with van der Waals surface area (Å²) in [5.74, 6) is 0.835. The minimum Gasteiger partial charge on any atom is -0.311 e. The van der Waals surface area contributed by atoms with Gasteiger partial charge in [-0.25, -0.2) is 0 Å². The molecule has 4 heterocycles. The van der Waals surface area contributed by atoms with E-state index in [-0.39, 0.29) is 6.04 Å². The highest BCUT2D eigenvalue weighted by Gasteiger charge is 2.15. The molecule has 0 aliphatic heterocycles. The summed E-state index contributed by atoms with van der Waals surface area (Å²) in [5.41, 5.74) is 4.22. The van der Waals surface area contributed by atoms with Crippen molar-refractivity contribution in [3.63, 3.8) is 0 Å². The lowest BCUT2D eigenvalue weighted by Gasteiger charge is -2.05. The average molecular weight is 405 g/mol. The number of benzene rings is 1. The Morgan fingerprint density at radius 3 is 2.83 bits per heavy atom. The summed E-state index contributed by atoms with van der Waals surface area (Å²) in [6, 6.07) is 8.63. The molecule has 0 spiro atoms. The molecule has 0 saturated heterocycles. The molecular formula is C20H20N8S. The zero-order valence-corrected chi connectivity index (χ0v) is 17.2. The lowest BCUT2D eigenvalue weighted by atomic mass is 10.0. The molecule has 5 aromatic rings. The van der Waals surface area contributed by atoms with Crippen LogP contribution in [-0.4, -0.2) is 41.6 Å². The number of aromatic nitrogens is 7. The Bertz CT molecular complexity index is 1310. The van der Waals surface area contributed by atoms with Gasteiger partial charge in [-0.15, -0.1) is 10.2 Å². The molecule has 0 fully saturated rings. The topological polar surface area (TPSA) is 85.8 Å². The molecule has 4 aromatic heterocycles. The third kappa shape index (κ3) is 3.28. The van der Waals surface area contributed by atoms with Gasteiger partial charge in [0.15, 0.2) is 5.82 Å². The van der Waals surface area contributed by atoms with Gasteiger partial charge in [-0.3, -0.25) is 9.67 Å². The van der Waals surface area contributed by atoms with Gasteiger partial charge >= 0.3 is 0 Å². The van der Waals surface area contributed by atoms with Crippen LogP contribution in [-0.2, 0) is 13.5 Å². The molecule has 1 aromatic carbocycles. The van der Waals surface area contributed by atoms with Crippen molar-refractivity contribution in [2.75, 3.05) is 7.05 Å². The first-order valence-corrected chi connectivity index (χ1v) is 10.2. The maximum Gasteiger partial charge on any atom is 0.234 e. The number of rotatable bonds is 5. The Balaban J connectivity index is 1.48. The van der Waals surface area contributed by atoms with Crippen molar-refractivity contribution < 1.29 is 0 Å². The second kappa shape index (κ2) is 7.02. The first kappa shape index (κ1) is 17.9. The van der Waals surface area contributed by atoms with Gasteiger partial charge in [0.25, 0.3) is 0 Å². The van der Waals surface area contributed by atoms with E-state index < -0.39 is 0 Å². The second-order valence-corrected chi connectivity index (χ2v) is 8.08. The van der Waals surface area contributed by atoms with Crippen molar-refractivity contribution in [2.24, 2.45) is 7.05 Å². The fraction of sp³-hybridized carbons (Fsp3) is 0.250. The Morgan fingerprint density at radius 2 is 2.03 bits per heavy atom. The lowest BCUT2D eigenvalue weighted by molar-refractivity contribution is 0.631. The quantitative estimate of drug-likeness (QED) is 0.485. The number of pyridine rings is 1. The summed E-state index contributed by atoms with van der Waals surface area (Å²) in [5, 5.41) is 22.9. The maximum absolute atomic E-state index is 4.68. The predicted octanol–water partition coefficient (Wildman–Crippen LogP) is 3.01. The van der Waals surface area contributed by atoms with Crippen LogP contribution in [0.25, 0.3) is 27.0 Å². The summed E-state index contributed by atoms with van der Waals surface area (Å²) in [7, 11) is 3.84. The number of hydrogen-bond acceptors (Lipinski definition) is 7. The summed E-state index contributed by atoms with van der Waals surface area (Å²) >= 11 is 1.56. The van der Waals surface area contributed by atoms with Crippen LogP contribution in [0.5, 0.6) is 0 Å². The molecule has 29 heavy (non-hydrogen) atoms. The molecule has 1 N–H and O–H groups in total. The Morgan fingerprint density at radius 1 is 1.14 bits per heavy atom. The van der Waals surface area contributed by atoms with Gasteiger partial charge in [-0.05, 0) is 37.7 Å². The van der Waals surface area contributed by atoms with Crippen molar-refractivity contribution >= 4 is 27.2 Å². The van der Waals surface area contributed by atoms with Gasteiger partial charge in [0.05, 0.1) is 17.8 Å². The molecule has 8 nitrogen and oxygen atoms in total. The highest BCUT2D eigenvalue weighted by atomic mass is 32.1. The van der Waals surface area contributed by atoms with Gasteiger partial charge in [0.2, 0.25) is 4.96 Å². The molecule has 0 unspecified atom stereocenters. The first-order chi connectivity index (χ1) is 14.1. The molecule has 0 amide bonds. The molecule has 0 aliphatic rings. The molecule has 146 valence electrons. The summed E-state index contributed by atoms with van der Waals surface area (Å²) in [6.45, 7) is 2.08. The highest BCUT2D eigenvalue weighted by molar-refractivity contribution is 7.16. The Labute approximate surface area is 171 Å². The van der Waals surface area contributed by atoms with Gasteiger partial charge in [0, 0.05) is 42.4 Å². The molecule has 0 saturated carbocycles. The number of nitrogens with one attached hydrogen (secondary N) is 1. The van der Waals surface area contributed by atoms with Crippen LogP contribution >= 0.6 is 11.3 Å². The van der Waals surface area contributed by atoms with E-state index in [9.17, 15) is 0 Å². The molecule has 0 bridgehead atoms. The molecule has 1 atom stereocenters. The van der Waals surface area contributed by atoms with E-state index >= 15 is 0 Å². The van der Waals surface area contributed by atoms with E-state index in [1.54, 1.807) is 16.0 Å². The number of aryl methyl sites for hydroxylation is 1. The van der Waals surface area contributed by atoms with E-state index in [1.165, 1.54) is 0 Å². The van der Waals surface area contributed by atoms with Crippen molar-refractivity contribution in [1.82, 2.24) is 39.9 Å². The zero-order valence-electron chi connectivity index (χ0n) is 16.4. The van der Waals surface area contributed by atoms with Crippen molar-refractivity contribution in [2.45, 2.75) is 19.4 Å². The molecule has 9 heteroatoms. The van der Waals surface area contributed by atoms with Crippen molar-refractivity contribution in [3.05, 3.63) is 59.3 Å². The third-order valence-electron chi connectivity index (χ3n) is 5.02. The van der Waals surface area contributed by atoms with Crippen LogP contribution < -0.4 is 5.32 Å². The fourth-order valence-electron chi connectivity index (χ4n) is 3.28. The number of nitrogens with zero attached hydrogens (tertiary/aromatic N) is 7. The Hall–Kier alpha value is -3.17. The minimum atomic E-state index is 0.187. The largest absolute Gasteiger partial charge is 0.311 e. The van der Waals surface area contributed by atoms with Gasteiger partial charge in [0.1, 0.15) is 5.01 Å². The average Bonchev–Trinajstić information content (AvgIpc) is 3.44. The standard InChI is InChI=1S/C20H20N8S/c1-12(21-2)19-26-28-18(24-25-20(28)29-19)7-13-4-5-17-14(6-13)8-15(9-22-17)16-10-23-27(3)11-16/h4-6,8-12,21H,7H2,1-3H3/t12-/m0/s1. The molecule has 5 rings (SSSR count). The maximum atomic E-state index is 4.68. The summed E-state index contributed by atoms with van der Waals surface area (Å²) < 4.78 is 3.64. The van der Waals surface area contributed by atoms with E-state index in [4.69, 9.17) is 0 Å². The molecular weight excluding hydrogens is 384 g/mol. The lowest BCUT2D eigenvalue weighted by Crippen LogP contribution is -2.12. The van der Waals surface area contributed by atoms with Crippen LogP contribution in [0.15, 0.2) is 42.9 Å². The summed E-state index contributed by atoms with van der Waals surface area (Å²) in [4.78, 5) is 5.42. The number of hydrogen-bond donors (Lipinski definition) is 1. The minimum absolute atomic E-state index is 0.187. The van der Waals surface area contributed by atoms with E-state index in [0.29, 0.717) is 6.42 Å². The van der Waals surface area contributed by atoms with Crippen LogP contribution in [0.4, 0.5) is 0 Å². The van der Waals surface area contributed by atoms with Gasteiger partial charge in [-0.2, -0.15) is 14.7 Å². The molecule has 0 radical (unpaired) electrons. The zero-order chi connectivity index (χ0) is 20.0. The summed E-state index contributed by atoms with van der Waals surface area (Å²) in [6.07, 6.45) is 6.39. The van der Waals surface area contributed by atoms with E-state index in [2.05, 4.69) is 55.8 Å². The predicted molar refractivity (Wildman–Crippen MR) is 113 cm³/mol. The van der Waals surface area contributed by atoms with Crippen LogP contribution in [0.2, 0.25) is 0 Å². The normalized spacial score (nSPS) is 12.8. The smallest absolute Gasteiger partial charge is 0.234 e. The van der Waals surface area contributed by atoms with Crippen LogP contribution in [0.1, 0.15) is 29.4 Å². The van der Waals surface area contributed by atoms with E-state index in [0.717, 1.165) is 43.4 Å². The third-order valence-corrected chi connectivity index (χ3v) is 6.10. The SMILES string of the molecule is CN[C@@H](C)c1nn2c(Cc3ccc4ncc(-c5cnn(C)c5)cc4c3)nnc2s1. The van der Waals surface area contributed by atoms with Gasteiger partial charge in [-0.1, -0.05) is 17.4 Å². The van der Waals surface area contributed by atoms with Crippen LogP contribution in [0, 0.1) is 0 Å². The number of fused-ring (bicyclic) bond motifs is 2. The monoisotopic (exact) mass is 404 g/mol. The van der Waals surface area contributed by atoms with Gasteiger partial charge < -0.3 is 5.32 Å². The first-order valence-electron chi connectivity index (χ1n) is 9.36. The fourth-order valence-corrected chi connectivity index (χ4v) is 4.20. The highest BCUT2D eigenvalue weighted by Crippen LogP contribution is 2.25. The second-order valence-electron chi connectivity index (χ2n) is 7.09. The van der Waals surface area contributed by atoms with Crippen molar-refractivity contribution in [3.8, 4) is 11.1 Å². The molecule has 0 aliphatic carbocycles.